The molecule has 1 aliphatic heterocycles. The molecule has 0 spiro atoms. The lowest BCUT2D eigenvalue weighted by Crippen LogP contribution is -2.44. The normalized spacial score (nSPS) is 16.3. The molecule has 26 heavy (non-hydrogen) atoms. The van der Waals surface area contributed by atoms with Gasteiger partial charge in [0.05, 0.1) is 11.6 Å². The first-order chi connectivity index (χ1) is 12.6. The standard InChI is InChI=1S/C20H22N2O4/c23-19(24)16-10-8-15(9-11-16)13-21-20(25)22-12-4-5-17(22)14-26-18-6-2-1-3-7-18/h1-3,6-11,17H,4-5,12-14H2,(H,21,25)(H,23,24)/t17-/m0/s1. The predicted octanol–water partition coefficient (Wildman–Crippen LogP) is 3.14. The van der Waals surface area contributed by atoms with E-state index in [1.54, 1.807) is 12.1 Å². The molecule has 2 aromatic rings. The fourth-order valence-electron chi connectivity index (χ4n) is 3.03. The van der Waals surface area contributed by atoms with Crippen molar-refractivity contribution in [3.63, 3.8) is 0 Å². The average molecular weight is 354 g/mol. The summed E-state index contributed by atoms with van der Waals surface area (Å²) in [5, 5.41) is 11.8. The minimum absolute atomic E-state index is 0.0598. The molecule has 0 radical (unpaired) electrons. The SMILES string of the molecule is O=C(O)c1ccc(CNC(=O)N2CCC[C@H]2COc2ccccc2)cc1. The fraction of sp³-hybridized carbons (Fsp3) is 0.300. The van der Waals surface area contributed by atoms with Gasteiger partial charge in [0, 0.05) is 13.1 Å². The van der Waals surface area contributed by atoms with Gasteiger partial charge < -0.3 is 20.1 Å². The Balaban J connectivity index is 1.50. The molecular weight excluding hydrogens is 332 g/mol. The van der Waals surface area contributed by atoms with E-state index >= 15 is 0 Å². The number of hydrogen-bond acceptors (Lipinski definition) is 3. The molecule has 0 aromatic heterocycles. The van der Waals surface area contributed by atoms with Gasteiger partial charge in [-0.2, -0.15) is 0 Å². The summed E-state index contributed by atoms with van der Waals surface area (Å²) in [5.41, 5.74) is 1.09. The summed E-state index contributed by atoms with van der Waals surface area (Å²) in [7, 11) is 0. The Morgan fingerprint density at radius 2 is 1.85 bits per heavy atom. The van der Waals surface area contributed by atoms with E-state index in [1.165, 1.54) is 12.1 Å². The van der Waals surface area contributed by atoms with Crippen molar-refractivity contribution in [2.24, 2.45) is 0 Å². The number of nitrogens with one attached hydrogen (secondary N) is 1. The molecular formula is C20H22N2O4. The Labute approximate surface area is 152 Å². The molecule has 0 aliphatic carbocycles. The number of urea groups is 1. The lowest BCUT2D eigenvalue weighted by Gasteiger charge is -2.25. The van der Waals surface area contributed by atoms with Crippen molar-refractivity contribution in [2.75, 3.05) is 13.2 Å². The predicted molar refractivity (Wildman–Crippen MR) is 97.3 cm³/mol. The third-order valence-electron chi connectivity index (χ3n) is 4.47. The highest BCUT2D eigenvalue weighted by molar-refractivity contribution is 5.87. The number of aromatic carboxylic acids is 1. The molecule has 0 bridgehead atoms. The van der Waals surface area contributed by atoms with E-state index in [-0.39, 0.29) is 17.6 Å². The first-order valence-corrected chi connectivity index (χ1v) is 8.68. The Hall–Kier alpha value is -3.02. The third-order valence-corrected chi connectivity index (χ3v) is 4.47. The van der Waals surface area contributed by atoms with Crippen molar-refractivity contribution in [1.29, 1.82) is 0 Å². The van der Waals surface area contributed by atoms with E-state index in [4.69, 9.17) is 9.84 Å². The van der Waals surface area contributed by atoms with Gasteiger partial charge >= 0.3 is 12.0 Å². The van der Waals surface area contributed by atoms with Gasteiger partial charge in [-0.25, -0.2) is 9.59 Å². The zero-order chi connectivity index (χ0) is 18.4. The summed E-state index contributed by atoms with van der Waals surface area (Å²) in [4.78, 5) is 25.2. The van der Waals surface area contributed by atoms with Crippen LogP contribution in [0, 0.1) is 0 Å². The van der Waals surface area contributed by atoms with Crippen LogP contribution in [0.3, 0.4) is 0 Å². The quantitative estimate of drug-likeness (QED) is 0.835. The van der Waals surface area contributed by atoms with E-state index in [1.807, 2.05) is 35.2 Å². The van der Waals surface area contributed by atoms with Crippen LogP contribution in [0.5, 0.6) is 5.75 Å². The maximum absolute atomic E-state index is 12.5. The first kappa shape index (κ1) is 17.8. The van der Waals surface area contributed by atoms with Gasteiger partial charge in [0.25, 0.3) is 0 Å². The zero-order valence-corrected chi connectivity index (χ0v) is 14.4. The van der Waals surface area contributed by atoms with Crippen LogP contribution in [-0.4, -0.2) is 41.2 Å². The first-order valence-electron chi connectivity index (χ1n) is 8.68. The molecule has 3 rings (SSSR count). The number of rotatable bonds is 6. The van der Waals surface area contributed by atoms with Crippen molar-refractivity contribution in [1.82, 2.24) is 10.2 Å². The van der Waals surface area contributed by atoms with E-state index in [2.05, 4.69) is 5.32 Å². The number of ether oxygens (including phenoxy) is 1. The van der Waals surface area contributed by atoms with Crippen LogP contribution >= 0.6 is 0 Å². The largest absolute Gasteiger partial charge is 0.491 e. The number of amides is 2. The van der Waals surface area contributed by atoms with E-state index in [0.717, 1.165) is 24.2 Å². The number of carboxylic acid groups (broad SMARTS) is 1. The van der Waals surface area contributed by atoms with Crippen molar-refractivity contribution >= 4 is 12.0 Å². The summed E-state index contributed by atoms with van der Waals surface area (Å²) in [6, 6.07) is 16.0. The summed E-state index contributed by atoms with van der Waals surface area (Å²) in [6.07, 6.45) is 1.89. The van der Waals surface area contributed by atoms with Gasteiger partial charge in [0.1, 0.15) is 12.4 Å². The molecule has 0 unspecified atom stereocenters. The Kier molecular flexibility index (Phi) is 5.73. The molecule has 6 nitrogen and oxygen atoms in total. The smallest absolute Gasteiger partial charge is 0.335 e. The molecule has 0 saturated carbocycles. The summed E-state index contributed by atoms with van der Waals surface area (Å²) < 4.78 is 5.79. The molecule has 136 valence electrons. The van der Waals surface area contributed by atoms with Gasteiger partial charge in [-0.05, 0) is 42.7 Å². The van der Waals surface area contributed by atoms with Crippen LogP contribution in [0.2, 0.25) is 0 Å². The molecule has 1 aliphatic rings. The van der Waals surface area contributed by atoms with Crippen LogP contribution in [-0.2, 0) is 6.54 Å². The van der Waals surface area contributed by atoms with Crippen molar-refractivity contribution in [2.45, 2.75) is 25.4 Å². The van der Waals surface area contributed by atoms with E-state index in [9.17, 15) is 9.59 Å². The summed E-state index contributed by atoms with van der Waals surface area (Å²) in [6.45, 7) is 1.55. The molecule has 1 saturated heterocycles. The van der Waals surface area contributed by atoms with Crippen LogP contribution in [0.15, 0.2) is 54.6 Å². The van der Waals surface area contributed by atoms with Crippen LogP contribution < -0.4 is 10.1 Å². The average Bonchev–Trinajstić information content (AvgIpc) is 3.14. The second-order valence-electron chi connectivity index (χ2n) is 6.27. The van der Waals surface area contributed by atoms with Gasteiger partial charge in [-0.15, -0.1) is 0 Å². The maximum Gasteiger partial charge on any atom is 0.335 e. The number of benzene rings is 2. The van der Waals surface area contributed by atoms with Crippen molar-refractivity contribution in [3.8, 4) is 5.75 Å². The van der Waals surface area contributed by atoms with Gasteiger partial charge in [0.15, 0.2) is 0 Å². The minimum atomic E-state index is -0.959. The van der Waals surface area contributed by atoms with E-state index < -0.39 is 5.97 Å². The number of carbonyl (C=O) groups is 2. The van der Waals surface area contributed by atoms with Crippen molar-refractivity contribution < 1.29 is 19.4 Å². The lowest BCUT2D eigenvalue weighted by atomic mass is 10.1. The molecule has 2 N–H and O–H groups in total. The summed E-state index contributed by atoms with van der Waals surface area (Å²) >= 11 is 0. The summed E-state index contributed by atoms with van der Waals surface area (Å²) in [5.74, 6) is -0.155. The molecule has 1 fully saturated rings. The van der Waals surface area contributed by atoms with Crippen LogP contribution in [0.1, 0.15) is 28.8 Å². The number of carbonyl (C=O) groups excluding carboxylic acids is 1. The second-order valence-corrected chi connectivity index (χ2v) is 6.27. The number of para-hydroxylation sites is 1. The maximum atomic E-state index is 12.5. The lowest BCUT2D eigenvalue weighted by molar-refractivity contribution is 0.0697. The monoisotopic (exact) mass is 354 g/mol. The molecule has 6 heteroatoms. The Morgan fingerprint density at radius 3 is 2.54 bits per heavy atom. The topological polar surface area (TPSA) is 78.9 Å². The Morgan fingerprint density at radius 1 is 1.12 bits per heavy atom. The highest BCUT2D eigenvalue weighted by Gasteiger charge is 2.29. The number of carboxylic acids is 1. The second kappa shape index (κ2) is 8.38. The molecule has 2 aromatic carbocycles. The van der Waals surface area contributed by atoms with Gasteiger partial charge in [0.2, 0.25) is 0 Å². The fourth-order valence-corrected chi connectivity index (χ4v) is 3.03. The van der Waals surface area contributed by atoms with Crippen LogP contribution in [0.25, 0.3) is 0 Å². The van der Waals surface area contributed by atoms with Crippen molar-refractivity contribution in [3.05, 3.63) is 65.7 Å². The highest BCUT2D eigenvalue weighted by atomic mass is 16.5. The van der Waals surface area contributed by atoms with Gasteiger partial charge in [-0.1, -0.05) is 30.3 Å². The minimum Gasteiger partial charge on any atom is -0.491 e. The molecule has 1 atom stereocenters. The molecule has 1 heterocycles. The number of hydrogen-bond donors (Lipinski definition) is 2. The number of nitrogens with zero attached hydrogens (tertiary/aromatic N) is 1. The highest BCUT2D eigenvalue weighted by Crippen LogP contribution is 2.19. The molecule has 2 amide bonds. The zero-order valence-electron chi connectivity index (χ0n) is 14.4. The van der Waals surface area contributed by atoms with Crippen LogP contribution in [0.4, 0.5) is 4.79 Å². The Bertz CT molecular complexity index is 746. The number of likely N-dealkylation sites (tertiary alicyclic amines) is 1. The van der Waals surface area contributed by atoms with E-state index in [0.29, 0.717) is 19.7 Å². The van der Waals surface area contributed by atoms with Gasteiger partial charge in [-0.3, -0.25) is 0 Å². The third kappa shape index (κ3) is 4.53.